The van der Waals surface area contributed by atoms with Gasteiger partial charge in [-0.25, -0.2) is 9.78 Å². The summed E-state index contributed by atoms with van der Waals surface area (Å²) in [6.45, 7) is -0.147. The van der Waals surface area contributed by atoms with Crippen LogP contribution in [0.5, 0.6) is 0 Å². The van der Waals surface area contributed by atoms with E-state index in [1.807, 2.05) is 17.8 Å². The van der Waals surface area contributed by atoms with Crippen molar-refractivity contribution in [1.82, 2.24) is 14.9 Å². The summed E-state index contributed by atoms with van der Waals surface area (Å²) >= 11 is 0. The molecule has 0 bridgehead atoms. The topological polar surface area (TPSA) is 76.4 Å². The van der Waals surface area contributed by atoms with Crippen molar-refractivity contribution in [2.45, 2.75) is 12.5 Å². The number of alkyl carbamates (subject to hydrolysis) is 1. The van der Waals surface area contributed by atoms with Crippen LogP contribution < -0.4 is 5.32 Å². The van der Waals surface area contributed by atoms with E-state index in [0.717, 1.165) is 5.69 Å². The van der Waals surface area contributed by atoms with Crippen LogP contribution in [-0.4, -0.2) is 40.5 Å². The molecule has 0 fully saturated rings. The van der Waals surface area contributed by atoms with Gasteiger partial charge in [0.15, 0.2) is 0 Å². The molecule has 0 radical (unpaired) electrons. The van der Waals surface area contributed by atoms with E-state index in [4.69, 9.17) is 5.11 Å². The van der Waals surface area contributed by atoms with Crippen molar-refractivity contribution in [3.05, 3.63) is 18.2 Å². The molecule has 0 aromatic carbocycles. The minimum Gasteiger partial charge on any atom is -0.453 e. The summed E-state index contributed by atoms with van der Waals surface area (Å²) in [5.74, 6) is 0. The SMILES string of the molecule is COC(=O)NC(CO)Cc1cn(C)cn1. The third-order valence-corrected chi connectivity index (χ3v) is 1.94. The van der Waals surface area contributed by atoms with Crippen LogP contribution in [0.1, 0.15) is 5.69 Å². The summed E-state index contributed by atoms with van der Waals surface area (Å²) in [7, 11) is 3.14. The highest BCUT2D eigenvalue weighted by Crippen LogP contribution is 1.99. The second-order valence-electron chi connectivity index (χ2n) is 3.25. The number of ether oxygens (including phenoxy) is 1. The number of aliphatic hydroxyl groups is 1. The van der Waals surface area contributed by atoms with E-state index in [1.54, 1.807) is 6.33 Å². The maximum absolute atomic E-state index is 10.9. The number of carbonyl (C=O) groups excluding carboxylic acids is 1. The lowest BCUT2D eigenvalue weighted by Gasteiger charge is -2.13. The van der Waals surface area contributed by atoms with Gasteiger partial charge in [0, 0.05) is 19.7 Å². The second-order valence-corrected chi connectivity index (χ2v) is 3.25. The zero-order valence-corrected chi connectivity index (χ0v) is 8.80. The Bertz CT molecular complexity index is 324. The lowest BCUT2D eigenvalue weighted by Crippen LogP contribution is -2.39. The summed E-state index contributed by atoms with van der Waals surface area (Å²) in [6, 6.07) is -0.368. The van der Waals surface area contributed by atoms with Gasteiger partial charge < -0.3 is 19.7 Å². The normalized spacial score (nSPS) is 12.2. The predicted molar refractivity (Wildman–Crippen MR) is 53.3 cm³/mol. The maximum Gasteiger partial charge on any atom is 0.407 e. The average Bonchev–Trinajstić information content (AvgIpc) is 2.62. The van der Waals surface area contributed by atoms with Gasteiger partial charge >= 0.3 is 6.09 Å². The van der Waals surface area contributed by atoms with Crippen molar-refractivity contribution in [1.29, 1.82) is 0 Å². The van der Waals surface area contributed by atoms with E-state index in [0.29, 0.717) is 6.42 Å². The van der Waals surface area contributed by atoms with Gasteiger partial charge in [0.1, 0.15) is 0 Å². The van der Waals surface area contributed by atoms with E-state index >= 15 is 0 Å². The van der Waals surface area contributed by atoms with Crippen LogP contribution in [0.2, 0.25) is 0 Å². The van der Waals surface area contributed by atoms with Crippen molar-refractivity contribution in [3.63, 3.8) is 0 Å². The van der Waals surface area contributed by atoms with Gasteiger partial charge in [0.25, 0.3) is 0 Å². The standard InChI is InChI=1S/C9H15N3O3/c1-12-4-7(10-6-12)3-8(5-13)11-9(14)15-2/h4,6,8,13H,3,5H2,1-2H3,(H,11,14). The van der Waals surface area contributed by atoms with Crippen molar-refractivity contribution >= 4 is 6.09 Å². The number of nitrogens with zero attached hydrogens (tertiary/aromatic N) is 2. The fourth-order valence-electron chi connectivity index (χ4n) is 1.21. The van der Waals surface area contributed by atoms with Crippen molar-refractivity contribution in [3.8, 4) is 0 Å². The van der Waals surface area contributed by atoms with Crippen LogP contribution in [0, 0.1) is 0 Å². The lowest BCUT2D eigenvalue weighted by molar-refractivity contribution is 0.157. The van der Waals surface area contributed by atoms with Crippen LogP contribution in [0.3, 0.4) is 0 Å². The number of hydrogen-bond donors (Lipinski definition) is 2. The van der Waals surface area contributed by atoms with Gasteiger partial charge in [0.05, 0.1) is 31.8 Å². The first kappa shape index (κ1) is 11.5. The van der Waals surface area contributed by atoms with Crippen LogP contribution in [-0.2, 0) is 18.2 Å². The van der Waals surface area contributed by atoms with Crippen molar-refractivity contribution in [2.75, 3.05) is 13.7 Å². The van der Waals surface area contributed by atoms with E-state index in [2.05, 4.69) is 15.0 Å². The molecule has 1 aromatic heterocycles. The van der Waals surface area contributed by atoms with E-state index in [-0.39, 0.29) is 12.6 Å². The highest BCUT2D eigenvalue weighted by molar-refractivity contribution is 5.67. The van der Waals surface area contributed by atoms with E-state index in [1.165, 1.54) is 7.11 Å². The molecule has 84 valence electrons. The fraction of sp³-hybridized carbons (Fsp3) is 0.556. The Morgan fingerprint density at radius 3 is 3.00 bits per heavy atom. The monoisotopic (exact) mass is 213 g/mol. The molecule has 0 saturated heterocycles. The average molecular weight is 213 g/mol. The quantitative estimate of drug-likeness (QED) is 0.718. The first-order chi connectivity index (χ1) is 7.15. The minimum absolute atomic E-state index is 0.147. The molecule has 6 heteroatoms. The molecule has 1 heterocycles. The van der Waals surface area contributed by atoms with Crippen LogP contribution in [0.4, 0.5) is 4.79 Å². The zero-order valence-electron chi connectivity index (χ0n) is 8.80. The van der Waals surface area contributed by atoms with E-state index in [9.17, 15) is 4.79 Å². The molecule has 1 unspecified atom stereocenters. The van der Waals surface area contributed by atoms with Crippen LogP contribution in [0.15, 0.2) is 12.5 Å². The molecule has 2 N–H and O–H groups in total. The highest BCUT2D eigenvalue weighted by Gasteiger charge is 2.13. The Morgan fingerprint density at radius 2 is 2.53 bits per heavy atom. The molecule has 0 aliphatic heterocycles. The molecule has 1 aromatic rings. The zero-order chi connectivity index (χ0) is 11.3. The largest absolute Gasteiger partial charge is 0.453 e. The molecule has 15 heavy (non-hydrogen) atoms. The molecule has 1 rings (SSSR count). The number of nitrogens with one attached hydrogen (secondary N) is 1. The third kappa shape index (κ3) is 3.59. The van der Waals surface area contributed by atoms with Gasteiger partial charge in [-0.2, -0.15) is 0 Å². The summed E-state index contributed by atoms with van der Waals surface area (Å²) in [6.07, 6.45) is 3.43. The summed E-state index contributed by atoms with van der Waals surface area (Å²) in [5.41, 5.74) is 0.813. The molecular formula is C9H15N3O3. The summed E-state index contributed by atoms with van der Waals surface area (Å²) in [4.78, 5) is 15.0. The number of hydrogen-bond acceptors (Lipinski definition) is 4. The van der Waals surface area contributed by atoms with E-state index < -0.39 is 6.09 Å². The number of imidazole rings is 1. The summed E-state index contributed by atoms with van der Waals surface area (Å²) < 4.78 is 6.25. The predicted octanol–water partition coefficient (Wildman–Crippen LogP) is -0.321. The molecule has 0 spiro atoms. The third-order valence-electron chi connectivity index (χ3n) is 1.94. The number of aliphatic hydroxyl groups excluding tert-OH is 1. The van der Waals surface area contributed by atoms with Gasteiger partial charge in [-0.15, -0.1) is 0 Å². The molecule has 0 saturated carbocycles. The number of carbonyl (C=O) groups is 1. The molecule has 6 nitrogen and oxygen atoms in total. The number of aromatic nitrogens is 2. The Morgan fingerprint density at radius 1 is 1.80 bits per heavy atom. The first-order valence-corrected chi connectivity index (χ1v) is 4.58. The first-order valence-electron chi connectivity index (χ1n) is 4.58. The molecule has 0 aliphatic carbocycles. The fourth-order valence-corrected chi connectivity index (χ4v) is 1.21. The van der Waals surface area contributed by atoms with Crippen molar-refractivity contribution in [2.24, 2.45) is 7.05 Å². The molecule has 1 amide bonds. The second kappa shape index (κ2) is 5.35. The molecular weight excluding hydrogens is 198 g/mol. The van der Waals surface area contributed by atoms with Gasteiger partial charge in [0.2, 0.25) is 0 Å². The smallest absolute Gasteiger partial charge is 0.407 e. The van der Waals surface area contributed by atoms with Crippen LogP contribution in [0.25, 0.3) is 0 Å². The maximum atomic E-state index is 10.9. The van der Waals surface area contributed by atoms with Crippen LogP contribution >= 0.6 is 0 Å². The Hall–Kier alpha value is -1.56. The number of amides is 1. The number of methoxy groups -OCH3 is 1. The molecule has 1 atom stereocenters. The van der Waals surface area contributed by atoms with Gasteiger partial charge in [-0.1, -0.05) is 0 Å². The highest BCUT2D eigenvalue weighted by atomic mass is 16.5. The minimum atomic E-state index is -0.551. The van der Waals surface area contributed by atoms with Gasteiger partial charge in [-0.05, 0) is 0 Å². The molecule has 0 aliphatic rings. The Kier molecular flexibility index (Phi) is 4.11. The lowest BCUT2D eigenvalue weighted by atomic mass is 10.2. The number of aryl methyl sites for hydroxylation is 1. The van der Waals surface area contributed by atoms with Crippen molar-refractivity contribution < 1.29 is 14.6 Å². The summed E-state index contributed by atoms with van der Waals surface area (Å²) in [5, 5.41) is 11.5. The van der Waals surface area contributed by atoms with Gasteiger partial charge in [-0.3, -0.25) is 0 Å². The Labute approximate surface area is 87.9 Å². The number of rotatable bonds is 4. The Balaban J connectivity index is 2.50.